The molecule has 0 atom stereocenters. The molecule has 0 aromatic heterocycles. The van der Waals surface area contributed by atoms with Crippen LogP contribution in [0.15, 0.2) is 60.3 Å². The van der Waals surface area contributed by atoms with E-state index in [-0.39, 0.29) is 0 Å². The number of hydrogen-bond donors (Lipinski definition) is 1. The molecule has 0 bridgehead atoms. The highest BCUT2D eigenvalue weighted by atomic mass is 14.3. The van der Waals surface area contributed by atoms with Gasteiger partial charge in [0.25, 0.3) is 0 Å². The topological polar surface area (TPSA) is 23.9 Å². The van der Waals surface area contributed by atoms with Crippen molar-refractivity contribution in [1.82, 2.24) is 0 Å². The first-order valence-electron chi connectivity index (χ1n) is 4.46. The van der Waals surface area contributed by atoms with Crippen LogP contribution in [0.5, 0.6) is 0 Å². The van der Waals surface area contributed by atoms with E-state index in [9.17, 15) is 0 Å². The highest BCUT2D eigenvalue weighted by molar-refractivity contribution is 5.72. The lowest BCUT2D eigenvalue weighted by molar-refractivity contribution is 1.34. The van der Waals surface area contributed by atoms with E-state index >= 15 is 0 Å². The Morgan fingerprint density at radius 2 is 1.79 bits per heavy atom. The van der Waals surface area contributed by atoms with Crippen molar-refractivity contribution < 1.29 is 0 Å². The molecule has 0 spiro atoms. The van der Waals surface area contributed by atoms with Gasteiger partial charge in [0.15, 0.2) is 0 Å². The summed E-state index contributed by atoms with van der Waals surface area (Å²) in [4.78, 5) is 0. The van der Waals surface area contributed by atoms with Gasteiger partial charge in [0.05, 0.1) is 0 Å². The Bertz CT molecular complexity index is 314. The van der Waals surface area contributed by atoms with Gasteiger partial charge in [0, 0.05) is 6.21 Å². The average Bonchev–Trinajstić information content (AvgIpc) is 2.13. The van der Waals surface area contributed by atoms with Crippen molar-refractivity contribution in [1.29, 1.82) is 5.41 Å². The first kappa shape index (κ1) is 12.4. The van der Waals surface area contributed by atoms with E-state index in [0.29, 0.717) is 0 Å². The van der Waals surface area contributed by atoms with Crippen LogP contribution in [-0.4, -0.2) is 6.21 Å². The fraction of sp³-hybridized carbons (Fsp3) is 0.154. The number of allylic oxidation sites excluding steroid dienone is 8. The molecule has 0 saturated heterocycles. The summed E-state index contributed by atoms with van der Waals surface area (Å²) in [6.45, 7) is 11.4. The average molecular weight is 187 g/mol. The Morgan fingerprint density at radius 1 is 1.14 bits per heavy atom. The van der Waals surface area contributed by atoms with E-state index in [1.54, 1.807) is 12.2 Å². The maximum absolute atomic E-state index is 7.03. The van der Waals surface area contributed by atoms with E-state index in [2.05, 4.69) is 13.2 Å². The SMILES string of the molecule is C=C/C=C/C=C(C)\C(=C\C=N)C(=C)C. The highest BCUT2D eigenvalue weighted by Crippen LogP contribution is 2.16. The van der Waals surface area contributed by atoms with E-state index in [1.165, 1.54) is 6.21 Å². The zero-order valence-corrected chi connectivity index (χ0v) is 8.88. The van der Waals surface area contributed by atoms with Crippen LogP contribution in [-0.2, 0) is 0 Å². The van der Waals surface area contributed by atoms with E-state index in [4.69, 9.17) is 5.41 Å². The standard InChI is InChI=1S/C13H17N/c1-5-6-7-8-12(4)13(9-10-14)11(2)3/h5-10,14H,1-2H2,3-4H3/b7-6+,12-8-,13-9+,14-10?. The predicted octanol–water partition coefficient (Wildman–Crippen LogP) is 3.83. The van der Waals surface area contributed by atoms with Gasteiger partial charge in [-0.05, 0) is 31.1 Å². The Hall–Kier alpha value is -1.63. The fourth-order valence-electron chi connectivity index (χ4n) is 1.06. The summed E-state index contributed by atoms with van der Waals surface area (Å²) in [5.74, 6) is 0. The van der Waals surface area contributed by atoms with Crippen LogP contribution < -0.4 is 0 Å². The van der Waals surface area contributed by atoms with E-state index < -0.39 is 0 Å². The quantitative estimate of drug-likeness (QED) is 0.499. The van der Waals surface area contributed by atoms with Crippen LogP contribution in [0, 0.1) is 5.41 Å². The van der Waals surface area contributed by atoms with Gasteiger partial charge in [-0.2, -0.15) is 0 Å². The highest BCUT2D eigenvalue weighted by Gasteiger charge is 1.98. The molecule has 0 fully saturated rings. The molecule has 0 unspecified atom stereocenters. The van der Waals surface area contributed by atoms with Gasteiger partial charge in [-0.1, -0.05) is 43.0 Å². The molecule has 14 heavy (non-hydrogen) atoms. The van der Waals surface area contributed by atoms with Crippen molar-refractivity contribution in [3.05, 3.63) is 60.3 Å². The van der Waals surface area contributed by atoms with Crippen LogP contribution in [0.4, 0.5) is 0 Å². The second-order valence-electron chi connectivity index (χ2n) is 3.00. The van der Waals surface area contributed by atoms with Crippen molar-refractivity contribution in [2.24, 2.45) is 0 Å². The largest absolute Gasteiger partial charge is 0.309 e. The monoisotopic (exact) mass is 187 g/mol. The van der Waals surface area contributed by atoms with Crippen LogP contribution in [0.2, 0.25) is 0 Å². The second-order valence-corrected chi connectivity index (χ2v) is 3.00. The van der Waals surface area contributed by atoms with Gasteiger partial charge in [-0.3, -0.25) is 0 Å². The molecule has 74 valence electrons. The predicted molar refractivity (Wildman–Crippen MR) is 64.8 cm³/mol. The molecule has 0 radical (unpaired) electrons. The summed E-state index contributed by atoms with van der Waals surface area (Å²) in [5.41, 5.74) is 3.07. The lowest BCUT2D eigenvalue weighted by Gasteiger charge is -2.05. The Kier molecular flexibility index (Phi) is 6.04. The van der Waals surface area contributed by atoms with Crippen LogP contribution in [0.3, 0.4) is 0 Å². The van der Waals surface area contributed by atoms with Crippen LogP contribution >= 0.6 is 0 Å². The molecular weight excluding hydrogens is 170 g/mol. The smallest absolute Gasteiger partial charge is 0.0183 e. The minimum absolute atomic E-state index is 0.967. The van der Waals surface area contributed by atoms with Crippen molar-refractivity contribution >= 4 is 6.21 Å². The third-order valence-electron chi connectivity index (χ3n) is 1.73. The maximum Gasteiger partial charge on any atom is 0.0183 e. The lowest BCUT2D eigenvalue weighted by Crippen LogP contribution is -1.87. The molecule has 1 N–H and O–H groups in total. The van der Waals surface area contributed by atoms with Crippen molar-refractivity contribution in [2.75, 3.05) is 0 Å². The summed E-state index contributed by atoms with van der Waals surface area (Å²) in [6, 6.07) is 0. The second kappa shape index (κ2) is 6.84. The van der Waals surface area contributed by atoms with Crippen LogP contribution in [0.1, 0.15) is 13.8 Å². The van der Waals surface area contributed by atoms with Crippen LogP contribution in [0.25, 0.3) is 0 Å². The molecule has 0 aromatic rings. The molecular formula is C13H17N. The molecule has 0 rings (SSSR count). The summed E-state index contributed by atoms with van der Waals surface area (Å²) in [6.07, 6.45) is 10.5. The van der Waals surface area contributed by atoms with Gasteiger partial charge < -0.3 is 5.41 Å². The third kappa shape index (κ3) is 4.41. The summed E-state index contributed by atoms with van der Waals surface area (Å²) >= 11 is 0. The van der Waals surface area contributed by atoms with Crippen molar-refractivity contribution in [2.45, 2.75) is 13.8 Å². The zero-order chi connectivity index (χ0) is 11.0. The Morgan fingerprint density at radius 3 is 2.21 bits per heavy atom. The maximum atomic E-state index is 7.03. The molecule has 0 aliphatic rings. The number of hydrogen-bond acceptors (Lipinski definition) is 1. The molecule has 0 aliphatic heterocycles. The van der Waals surface area contributed by atoms with Gasteiger partial charge in [-0.15, -0.1) is 0 Å². The van der Waals surface area contributed by atoms with Gasteiger partial charge in [0.1, 0.15) is 0 Å². The zero-order valence-electron chi connectivity index (χ0n) is 8.88. The van der Waals surface area contributed by atoms with Gasteiger partial charge in [0.2, 0.25) is 0 Å². The molecule has 1 heteroatoms. The summed E-state index contributed by atoms with van der Waals surface area (Å²) in [7, 11) is 0. The summed E-state index contributed by atoms with van der Waals surface area (Å²) < 4.78 is 0. The molecule has 1 nitrogen and oxygen atoms in total. The van der Waals surface area contributed by atoms with Crippen molar-refractivity contribution in [3.63, 3.8) is 0 Å². The van der Waals surface area contributed by atoms with E-state index in [0.717, 1.165) is 16.7 Å². The minimum Gasteiger partial charge on any atom is -0.309 e. The fourth-order valence-corrected chi connectivity index (χ4v) is 1.06. The van der Waals surface area contributed by atoms with Crippen molar-refractivity contribution in [3.8, 4) is 0 Å². The Balaban J connectivity index is 4.85. The lowest BCUT2D eigenvalue weighted by atomic mass is 10.0. The minimum atomic E-state index is 0.967. The van der Waals surface area contributed by atoms with Gasteiger partial charge >= 0.3 is 0 Å². The molecule has 0 heterocycles. The Labute approximate surface area is 86.4 Å². The molecule has 0 aliphatic carbocycles. The molecule has 0 amide bonds. The summed E-state index contributed by atoms with van der Waals surface area (Å²) in [5, 5.41) is 7.03. The first-order valence-corrected chi connectivity index (χ1v) is 4.46. The number of rotatable bonds is 5. The molecule has 0 saturated carbocycles. The van der Waals surface area contributed by atoms with E-state index in [1.807, 2.05) is 32.1 Å². The third-order valence-corrected chi connectivity index (χ3v) is 1.73. The first-order chi connectivity index (χ1) is 6.63. The van der Waals surface area contributed by atoms with Gasteiger partial charge in [-0.25, -0.2) is 0 Å². The molecule has 0 aromatic carbocycles. The number of nitrogens with one attached hydrogen (secondary N) is 1. The normalized spacial score (nSPS) is 13.0.